The predicted octanol–water partition coefficient (Wildman–Crippen LogP) is 3.14. The molecule has 0 heterocycles. The first-order chi connectivity index (χ1) is 4.88. The summed E-state index contributed by atoms with van der Waals surface area (Å²) in [6, 6.07) is 0. The zero-order chi connectivity index (χ0) is 6.97. The standard InChI is InChI=1S/C10H16/c1-8-4-2-3-5-10(8)9-6-7-9/h5,8-9H,2-4,6-7H2,1H3. The molecule has 2 aliphatic carbocycles. The summed E-state index contributed by atoms with van der Waals surface area (Å²) in [5.41, 5.74) is 1.80. The average Bonchev–Trinajstić information content (AvgIpc) is 2.71. The van der Waals surface area contributed by atoms with Gasteiger partial charge >= 0.3 is 0 Å². The molecule has 56 valence electrons. The second kappa shape index (κ2) is 2.41. The zero-order valence-electron chi connectivity index (χ0n) is 6.77. The van der Waals surface area contributed by atoms with Gasteiger partial charge in [-0.1, -0.05) is 18.6 Å². The van der Waals surface area contributed by atoms with E-state index in [1.807, 2.05) is 0 Å². The van der Waals surface area contributed by atoms with Crippen molar-refractivity contribution in [1.82, 2.24) is 0 Å². The van der Waals surface area contributed by atoms with Crippen molar-refractivity contribution in [2.75, 3.05) is 0 Å². The molecule has 0 aromatic carbocycles. The summed E-state index contributed by atoms with van der Waals surface area (Å²) in [6.07, 6.45) is 9.70. The van der Waals surface area contributed by atoms with Crippen molar-refractivity contribution in [3.05, 3.63) is 11.6 Å². The van der Waals surface area contributed by atoms with Crippen LogP contribution in [0.3, 0.4) is 0 Å². The van der Waals surface area contributed by atoms with Crippen molar-refractivity contribution in [3.63, 3.8) is 0 Å². The average molecular weight is 136 g/mol. The van der Waals surface area contributed by atoms with E-state index in [1.54, 1.807) is 5.57 Å². The molecule has 0 heteroatoms. The highest BCUT2D eigenvalue weighted by molar-refractivity contribution is 5.17. The fraction of sp³-hybridized carbons (Fsp3) is 0.800. The molecule has 10 heavy (non-hydrogen) atoms. The predicted molar refractivity (Wildman–Crippen MR) is 43.8 cm³/mol. The third-order valence-corrected chi connectivity index (χ3v) is 2.84. The fourth-order valence-corrected chi connectivity index (χ4v) is 2.05. The van der Waals surface area contributed by atoms with Crippen molar-refractivity contribution < 1.29 is 0 Å². The molecule has 0 radical (unpaired) electrons. The number of hydrogen-bond donors (Lipinski definition) is 0. The molecule has 0 bridgehead atoms. The molecule has 2 aliphatic rings. The lowest BCUT2D eigenvalue weighted by molar-refractivity contribution is 0.526. The third kappa shape index (κ3) is 1.12. The highest BCUT2D eigenvalue weighted by atomic mass is 14.3. The van der Waals surface area contributed by atoms with Crippen LogP contribution in [0.5, 0.6) is 0 Å². The Hall–Kier alpha value is -0.260. The number of rotatable bonds is 1. The molecule has 0 aromatic rings. The Morgan fingerprint density at radius 1 is 1.30 bits per heavy atom. The van der Waals surface area contributed by atoms with Crippen LogP contribution >= 0.6 is 0 Å². The monoisotopic (exact) mass is 136 g/mol. The molecular formula is C10H16. The summed E-state index contributed by atoms with van der Waals surface area (Å²) in [4.78, 5) is 0. The van der Waals surface area contributed by atoms with Crippen molar-refractivity contribution in [3.8, 4) is 0 Å². The molecule has 1 fully saturated rings. The molecule has 1 atom stereocenters. The van der Waals surface area contributed by atoms with Crippen LogP contribution in [0.2, 0.25) is 0 Å². The Morgan fingerprint density at radius 2 is 2.10 bits per heavy atom. The first-order valence-corrected chi connectivity index (χ1v) is 4.58. The summed E-state index contributed by atoms with van der Waals surface area (Å²) in [5.74, 6) is 1.94. The van der Waals surface area contributed by atoms with Gasteiger partial charge in [-0.05, 0) is 43.9 Å². The van der Waals surface area contributed by atoms with Gasteiger partial charge in [0.05, 0.1) is 0 Å². The Bertz CT molecular complexity index is 151. The molecule has 1 unspecified atom stereocenters. The summed E-state index contributed by atoms with van der Waals surface area (Å²) in [7, 11) is 0. The van der Waals surface area contributed by atoms with Crippen molar-refractivity contribution in [2.45, 2.75) is 39.0 Å². The van der Waals surface area contributed by atoms with Crippen molar-refractivity contribution in [2.24, 2.45) is 11.8 Å². The van der Waals surface area contributed by atoms with Crippen LogP contribution in [0.25, 0.3) is 0 Å². The largest absolute Gasteiger partial charge is 0.0848 e. The molecule has 1 saturated carbocycles. The van der Waals surface area contributed by atoms with Gasteiger partial charge in [0, 0.05) is 0 Å². The Balaban J connectivity index is 2.07. The molecular weight excluding hydrogens is 120 g/mol. The molecule has 0 amide bonds. The van der Waals surface area contributed by atoms with E-state index in [0.29, 0.717) is 0 Å². The summed E-state index contributed by atoms with van der Waals surface area (Å²) in [5, 5.41) is 0. The lowest BCUT2D eigenvalue weighted by Crippen LogP contribution is -2.05. The van der Waals surface area contributed by atoms with Crippen LogP contribution in [-0.2, 0) is 0 Å². The quantitative estimate of drug-likeness (QED) is 0.486. The summed E-state index contributed by atoms with van der Waals surface area (Å²) < 4.78 is 0. The van der Waals surface area contributed by atoms with Gasteiger partial charge in [-0.15, -0.1) is 0 Å². The van der Waals surface area contributed by atoms with E-state index in [9.17, 15) is 0 Å². The third-order valence-electron chi connectivity index (χ3n) is 2.84. The maximum Gasteiger partial charge on any atom is -0.0200 e. The lowest BCUT2D eigenvalue weighted by atomic mass is 9.86. The van der Waals surface area contributed by atoms with Crippen LogP contribution in [0.1, 0.15) is 39.0 Å². The van der Waals surface area contributed by atoms with E-state index in [4.69, 9.17) is 0 Å². The van der Waals surface area contributed by atoms with Crippen LogP contribution in [0, 0.1) is 11.8 Å². The molecule has 0 spiro atoms. The Labute approximate surface area is 63.3 Å². The minimum Gasteiger partial charge on any atom is -0.0848 e. The normalized spacial score (nSPS) is 33.7. The van der Waals surface area contributed by atoms with Gasteiger partial charge in [-0.2, -0.15) is 0 Å². The van der Waals surface area contributed by atoms with Gasteiger partial charge in [0.1, 0.15) is 0 Å². The van der Waals surface area contributed by atoms with E-state index in [-0.39, 0.29) is 0 Å². The minimum atomic E-state index is 0.918. The lowest BCUT2D eigenvalue weighted by Gasteiger charge is -2.19. The molecule has 2 rings (SSSR count). The molecule has 0 aliphatic heterocycles. The van der Waals surface area contributed by atoms with Crippen molar-refractivity contribution >= 4 is 0 Å². The second-order valence-corrected chi connectivity index (χ2v) is 3.81. The molecule has 0 saturated heterocycles. The Kier molecular flexibility index (Phi) is 1.55. The first kappa shape index (κ1) is 6.45. The van der Waals surface area contributed by atoms with Crippen molar-refractivity contribution in [1.29, 1.82) is 0 Å². The zero-order valence-corrected chi connectivity index (χ0v) is 6.77. The minimum absolute atomic E-state index is 0.918. The second-order valence-electron chi connectivity index (χ2n) is 3.81. The SMILES string of the molecule is CC1CCCC=C1C1CC1. The van der Waals surface area contributed by atoms with Gasteiger partial charge < -0.3 is 0 Å². The maximum atomic E-state index is 2.51. The van der Waals surface area contributed by atoms with Gasteiger partial charge in [0.25, 0.3) is 0 Å². The highest BCUT2D eigenvalue weighted by Crippen LogP contribution is 2.43. The first-order valence-electron chi connectivity index (χ1n) is 4.58. The summed E-state index contributed by atoms with van der Waals surface area (Å²) in [6.45, 7) is 2.39. The molecule has 0 aromatic heterocycles. The van der Waals surface area contributed by atoms with E-state index in [0.717, 1.165) is 11.8 Å². The molecule has 0 N–H and O–H groups in total. The van der Waals surface area contributed by atoms with Crippen LogP contribution in [0.15, 0.2) is 11.6 Å². The van der Waals surface area contributed by atoms with E-state index >= 15 is 0 Å². The van der Waals surface area contributed by atoms with Crippen LogP contribution in [0.4, 0.5) is 0 Å². The summed E-state index contributed by atoms with van der Waals surface area (Å²) >= 11 is 0. The Morgan fingerprint density at radius 3 is 2.70 bits per heavy atom. The fourth-order valence-electron chi connectivity index (χ4n) is 2.05. The van der Waals surface area contributed by atoms with E-state index < -0.39 is 0 Å². The number of allylic oxidation sites excluding steroid dienone is 2. The van der Waals surface area contributed by atoms with Gasteiger partial charge in [0.2, 0.25) is 0 Å². The highest BCUT2D eigenvalue weighted by Gasteiger charge is 2.29. The van der Waals surface area contributed by atoms with Crippen LogP contribution < -0.4 is 0 Å². The number of hydrogen-bond acceptors (Lipinski definition) is 0. The van der Waals surface area contributed by atoms with Gasteiger partial charge in [-0.25, -0.2) is 0 Å². The van der Waals surface area contributed by atoms with E-state index in [1.165, 1.54) is 32.1 Å². The van der Waals surface area contributed by atoms with Crippen LogP contribution in [-0.4, -0.2) is 0 Å². The smallest absolute Gasteiger partial charge is 0.0200 e. The maximum absolute atomic E-state index is 2.51. The van der Waals surface area contributed by atoms with E-state index in [2.05, 4.69) is 13.0 Å². The van der Waals surface area contributed by atoms with Gasteiger partial charge in [0.15, 0.2) is 0 Å². The molecule has 0 nitrogen and oxygen atoms in total. The topological polar surface area (TPSA) is 0 Å². The van der Waals surface area contributed by atoms with Gasteiger partial charge in [-0.3, -0.25) is 0 Å².